The zero-order valence-electron chi connectivity index (χ0n) is 7.56. The largest absolute Gasteiger partial charge is 0.328 e. The third-order valence-corrected chi connectivity index (χ3v) is 1.70. The van der Waals surface area contributed by atoms with Gasteiger partial charge in [-0.25, -0.2) is 0 Å². The minimum Gasteiger partial charge on any atom is -0.328 e. The lowest BCUT2D eigenvalue weighted by Crippen LogP contribution is -2.21. The van der Waals surface area contributed by atoms with E-state index < -0.39 is 0 Å². The van der Waals surface area contributed by atoms with Crippen LogP contribution in [0.15, 0.2) is 0 Å². The fourth-order valence-electron chi connectivity index (χ4n) is 1.19. The van der Waals surface area contributed by atoms with E-state index in [1.165, 1.54) is 25.7 Å². The van der Waals surface area contributed by atoms with Crippen molar-refractivity contribution in [2.75, 3.05) is 0 Å². The molecule has 62 valence electrons. The lowest BCUT2D eigenvalue weighted by atomic mass is 10.0. The Kier molecular flexibility index (Phi) is 5.70. The van der Waals surface area contributed by atoms with Crippen molar-refractivity contribution in [2.24, 2.45) is 11.7 Å². The summed E-state index contributed by atoms with van der Waals surface area (Å²) in [5.74, 6) is 0.756. The average Bonchev–Trinajstić information content (AvgIpc) is 1.82. The van der Waals surface area contributed by atoms with Gasteiger partial charge in [0.2, 0.25) is 0 Å². The molecule has 0 saturated heterocycles. The Morgan fingerprint density at radius 2 is 1.90 bits per heavy atom. The third kappa shape index (κ3) is 6.09. The highest BCUT2D eigenvalue weighted by Gasteiger charge is 2.03. The summed E-state index contributed by atoms with van der Waals surface area (Å²) in [7, 11) is 0. The van der Waals surface area contributed by atoms with Gasteiger partial charge in [0.05, 0.1) is 0 Å². The zero-order chi connectivity index (χ0) is 7.98. The molecular formula is C9H21N. The smallest absolute Gasteiger partial charge is 0.00412 e. The predicted molar refractivity (Wildman–Crippen MR) is 47.0 cm³/mol. The van der Waals surface area contributed by atoms with Gasteiger partial charge in [-0.2, -0.15) is 0 Å². The molecule has 0 amide bonds. The van der Waals surface area contributed by atoms with Crippen LogP contribution in [0.2, 0.25) is 0 Å². The molecule has 1 heteroatoms. The zero-order valence-corrected chi connectivity index (χ0v) is 7.56. The van der Waals surface area contributed by atoms with Crippen molar-refractivity contribution in [1.29, 1.82) is 0 Å². The minimum absolute atomic E-state index is 0.444. The average molecular weight is 143 g/mol. The highest BCUT2D eigenvalue weighted by Crippen LogP contribution is 2.08. The van der Waals surface area contributed by atoms with Gasteiger partial charge in [0.15, 0.2) is 0 Å². The Morgan fingerprint density at radius 3 is 2.30 bits per heavy atom. The normalized spacial score (nSPS) is 14.1. The molecule has 1 nitrogen and oxygen atoms in total. The van der Waals surface area contributed by atoms with Crippen LogP contribution < -0.4 is 5.73 Å². The molecule has 0 rings (SSSR count). The first kappa shape index (κ1) is 9.96. The summed E-state index contributed by atoms with van der Waals surface area (Å²) in [6.45, 7) is 6.67. The van der Waals surface area contributed by atoms with Crippen molar-refractivity contribution >= 4 is 0 Å². The van der Waals surface area contributed by atoms with Crippen LogP contribution >= 0.6 is 0 Å². The van der Waals surface area contributed by atoms with Gasteiger partial charge in [-0.3, -0.25) is 0 Å². The van der Waals surface area contributed by atoms with E-state index in [1.807, 2.05) is 0 Å². The van der Waals surface area contributed by atoms with Crippen LogP contribution in [-0.4, -0.2) is 6.04 Å². The lowest BCUT2D eigenvalue weighted by molar-refractivity contribution is 0.461. The Hall–Kier alpha value is -0.0400. The third-order valence-electron chi connectivity index (χ3n) is 1.70. The van der Waals surface area contributed by atoms with Crippen LogP contribution in [0, 0.1) is 5.92 Å². The van der Waals surface area contributed by atoms with Crippen molar-refractivity contribution in [3.8, 4) is 0 Å². The number of rotatable bonds is 5. The second-order valence-corrected chi connectivity index (χ2v) is 3.53. The van der Waals surface area contributed by atoms with Crippen LogP contribution in [0.5, 0.6) is 0 Å². The van der Waals surface area contributed by atoms with Gasteiger partial charge in [-0.05, 0) is 18.8 Å². The van der Waals surface area contributed by atoms with E-state index in [9.17, 15) is 0 Å². The van der Waals surface area contributed by atoms with Crippen LogP contribution in [0.25, 0.3) is 0 Å². The molecule has 0 saturated carbocycles. The van der Waals surface area contributed by atoms with E-state index in [0.29, 0.717) is 6.04 Å². The molecule has 0 unspecified atom stereocenters. The summed E-state index contributed by atoms with van der Waals surface area (Å²) in [4.78, 5) is 0. The topological polar surface area (TPSA) is 26.0 Å². The Morgan fingerprint density at radius 1 is 1.30 bits per heavy atom. The highest BCUT2D eigenvalue weighted by molar-refractivity contribution is 4.62. The maximum atomic E-state index is 5.86. The van der Waals surface area contributed by atoms with E-state index >= 15 is 0 Å². The summed E-state index contributed by atoms with van der Waals surface area (Å²) in [5, 5.41) is 0. The van der Waals surface area contributed by atoms with E-state index in [1.54, 1.807) is 0 Å². The molecule has 0 aromatic heterocycles. The quantitative estimate of drug-likeness (QED) is 0.629. The van der Waals surface area contributed by atoms with Gasteiger partial charge in [0.1, 0.15) is 0 Å². The first-order chi connectivity index (χ1) is 4.66. The second kappa shape index (κ2) is 5.72. The molecule has 0 aromatic rings. The monoisotopic (exact) mass is 143 g/mol. The molecule has 1 atom stereocenters. The SMILES string of the molecule is CCCC[C@H](N)CC(C)C. The summed E-state index contributed by atoms with van der Waals surface area (Å²) < 4.78 is 0. The standard InChI is InChI=1S/C9H21N/c1-4-5-6-9(10)7-8(2)3/h8-9H,4-7,10H2,1-3H3/t9-/m0/s1. The molecule has 0 aliphatic heterocycles. The van der Waals surface area contributed by atoms with Crippen molar-refractivity contribution in [1.82, 2.24) is 0 Å². The maximum Gasteiger partial charge on any atom is 0.00412 e. The summed E-state index contributed by atoms with van der Waals surface area (Å²) in [6.07, 6.45) is 4.94. The number of hydrogen-bond acceptors (Lipinski definition) is 1. The van der Waals surface area contributed by atoms with E-state index in [-0.39, 0.29) is 0 Å². The Labute approximate surface area is 65.0 Å². The van der Waals surface area contributed by atoms with Crippen LogP contribution in [0.3, 0.4) is 0 Å². The molecule has 0 aliphatic carbocycles. The van der Waals surface area contributed by atoms with E-state index in [2.05, 4.69) is 20.8 Å². The molecule has 0 spiro atoms. The molecule has 0 bridgehead atoms. The fourth-order valence-corrected chi connectivity index (χ4v) is 1.19. The number of unbranched alkanes of at least 4 members (excludes halogenated alkanes) is 1. The van der Waals surface area contributed by atoms with Crippen LogP contribution in [0.4, 0.5) is 0 Å². The van der Waals surface area contributed by atoms with Gasteiger partial charge in [-0.15, -0.1) is 0 Å². The number of nitrogens with two attached hydrogens (primary N) is 1. The van der Waals surface area contributed by atoms with Crippen molar-refractivity contribution in [3.63, 3.8) is 0 Å². The fraction of sp³-hybridized carbons (Fsp3) is 1.00. The molecule has 10 heavy (non-hydrogen) atoms. The minimum atomic E-state index is 0.444. The van der Waals surface area contributed by atoms with E-state index in [4.69, 9.17) is 5.73 Å². The number of hydrogen-bond donors (Lipinski definition) is 1. The first-order valence-corrected chi connectivity index (χ1v) is 4.42. The molecular weight excluding hydrogens is 122 g/mol. The predicted octanol–water partition coefficient (Wildman–Crippen LogP) is 2.55. The molecule has 0 radical (unpaired) electrons. The Balaban J connectivity index is 3.16. The molecule has 0 aromatic carbocycles. The van der Waals surface area contributed by atoms with Gasteiger partial charge in [0.25, 0.3) is 0 Å². The molecule has 0 aliphatic rings. The summed E-state index contributed by atoms with van der Waals surface area (Å²) in [6, 6.07) is 0.444. The van der Waals surface area contributed by atoms with Crippen LogP contribution in [-0.2, 0) is 0 Å². The van der Waals surface area contributed by atoms with Gasteiger partial charge >= 0.3 is 0 Å². The van der Waals surface area contributed by atoms with Crippen molar-refractivity contribution in [3.05, 3.63) is 0 Å². The maximum absolute atomic E-state index is 5.86. The second-order valence-electron chi connectivity index (χ2n) is 3.53. The summed E-state index contributed by atoms with van der Waals surface area (Å²) >= 11 is 0. The molecule has 0 fully saturated rings. The van der Waals surface area contributed by atoms with Gasteiger partial charge < -0.3 is 5.73 Å². The first-order valence-electron chi connectivity index (χ1n) is 4.42. The lowest BCUT2D eigenvalue weighted by Gasteiger charge is -2.12. The van der Waals surface area contributed by atoms with Crippen molar-refractivity contribution in [2.45, 2.75) is 52.5 Å². The summed E-state index contributed by atoms with van der Waals surface area (Å²) in [5.41, 5.74) is 5.86. The van der Waals surface area contributed by atoms with Gasteiger partial charge in [0, 0.05) is 6.04 Å². The Bertz CT molecular complexity index is 69.1. The molecule has 2 N–H and O–H groups in total. The van der Waals surface area contributed by atoms with Crippen LogP contribution in [0.1, 0.15) is 46.5 Å². The molecule has 0 heterocycles. The van der Waals surface area contributed by atoms with Gasteiger partial charge in [-0.1, -0.05) is 33.6 Å². The van der Waals surface area contributed by atoms with E-state index in [0.717, 1.165) is 5.92 Å². The highest BCUT2D eigenvalue weighted by atomic mass is 14.6. The van der Waals surface area contributed by atoms with Crippen molar-refractivity contribution < 1.29 is 0 Å².